The third-order valence-electron chi connectivity index (χ3n) is 2.44. The Bertz CT molecular complexity index is 727. The number of furan rings is 1. The minimum Gasteiger partial charge on any atom is -0.475 e. The van der Waals surface area contributed by atoms with Gasteiger partial charge in [-0.1, -0.05) is 5.16 Å². The summed E-state index contributed by atoms with van der Waals surface area (Å²) in [5, 5.41) is 11.7. The number of carboxylic acid groups (broad SMARTS) is 1. The largest absolute Gasteiger partial charge is 0.475 e. The topological polar surface area (TPSA) is 123 Å². The molecule has 0 aromatic carbocycles. The van der Waals surface area contributed by atoms with Crippen LogP contribution in [0.5, 0.6) is 0 Å². The number of nitrogens with zero attached hydrogens (tertiary/aromatic N) is 1. The second kappa shape index (κ2) is 4.43. The summed E-state index contributed by atoms with van der Waals surface area (Å²) in [6.07, 6.45) is 0. The molecule has 0 atom stereocenters. The van der Waals surface area contributed by atoms with Crippen LogP contribution in [0.1, 0.15) is 21.8 Å². The summed E-state index contributed by atoms with van der Waals surface area (Å²) in [5.41, 5.74) is 1.08. The number of hydrogen-bond donors (Lipinski definition) is 2. The number of carbonyl (C=O) groups is 1. The van der Waals surface area contributed by atoms with Crippen molar-refractivity contribution < 1.29 is 27.3 Å². The molecule has 0 spiro atoms. The van der Waals surface area contributed by atoms with Gasteiger partial charge in [0, 0.05) is 5.56 Å². The molecule has 19 heavy (non-hydrogen) atoms. The Morgan fingerprint density at radius 3 is 2.53 bits per heavy atom. The van der Waals surface area contributed by atoms with Crippen LogP contribution in [0.25, 0.3) is 0 Å². The van der Waals surface area contributed by atoms with E-state index in [1.807, 2.05) is 0 Å². The molecule has 0 aliphatic rings. The highest BCUT2D eigenvalue weighted by molar-refractivity contribution is 7.92. The Kier molecular flexibility index (Phi) is 3.06. The fourth-order valence-electron chi connectivity index (χ4n) is 1.26. The molecular weight excluding hydrogens is 276 g/mol. The number of sulfonamides is 1. The van der Waals surface area contributed by atoms with Crippen LogP contribution >= 0.6 is 0 Å². The standard InChI is InChI=1S/C10H10N2O6S/c1-5-6(2)11-18-9(5)12-19(15,16)8-4-3-7(17-8)10(13)14/h3-4,12H,1-2H3,(H,13,14). The summed E-state index contributed by atoms with van der Waals surface area (Å²) in [6.45, 7) is 3.29. The maximum absolute atomic E-state index is 11.9. The Morgan fingerprint density at radius 2 is 2.05 bits per heavy atom. The van der Waals surface area contributed by atoms with Gasteiger partial charge in [0.25, 0.3) is 10.0 Å². The number of rotatable bonds is 4. The number of nitrogens with one attached hydrogen (secondary N) is 1. The Balaban J connectivity index is 2.32. The van der Waals surface area contributed by atoms with E-state index in [9.17, 15) is 13.2 Å². The molecule has 0 fully saturated rings. The van der Waals surface area contributed by atoms with E-state index in [2.05, 4.69) is 9.88 Å². The first-order chi connectivity index (χ1) is 8.81. The summed E-state index contributed by atoms with van der Waals surface area (Å²) >= 11 is 0. The van der Waals surface area contributed by atoms with Crippen LogP contribution in [0.4, 0.5) is 5.88 Å². The van der Waals surface area contributed by atoms with Crippen molar-refractivity contribution in [3.05, 3.63) is 29.2 Å². The van der Waals surface area contributed by atoms with Gasteiger partial charge in [0.05, 0.1) is 5.69 Å². The molecule has 0 aliphatic carbocycles. The number of aryl methyl sites for hydroxylation is 1. The zero-order valence-corrected chi connectivity index (χ0v) is 10.8. The van der Waals surface area contributed by atoms with Gasteiger partial charge in [-0.3, -0.25) is 0 Å². The van der Waals surface area contributed by atoms with Crippen molar-refractivity contribution in [3.8, 4) is 0 Å². The highest BCUT2D eigenvalue weighted by Gasteiger charge is 2.23. The molecular formula is C10H10N2O6S. The van der Waals surface area contributed by atoms with Crippen molar-refractivity contribution in [2.75, 3.05) is 4.72 Å². The Labute approximate surface area is 108 Å². The molecule has 0 radical (unpaired) electrons. The molecule has 2 N–H and O–H groups in total. The summed E-state index contributed by atoms with van der Waals surface area (Å²) in [4.78, 5) is 10.6. The van der Waals surface area contributed by atoms with Gasteiger partial charge in [0.1, 0.15) is 0 Å². The molecule has 102 valence electrons. The zero-order chi connectivity index (χ0) is 14.2. The van der Waals surface area contributed by atoms with E-state index in [0.717, 1.165) is 12.1 Å². The number of anilines is 1. The minimum absolute atomic E-state index is 0.0363. The minimum atomic E-state index is -4.05. The van der Waals surface area contributed by atoms with E-state index in [4.69, 9.17) is 14.0 Å². The quantitative estimate of drug-likeness (QED) is 0.870. The number of aromatic carboxylic acids is 1. The first-order valence-corrected chi connectivity index (χ1v) is 6.58. The average Bonchev–Trinajstić information content (AvgIpc) is 2.92. The first kappa shape index (κ1) is 13.1. The average molecular weight is 286 g/mol. The summed E-state index contributed by atoms with van der Waals surface area (Å²) in [7, 11) is -4.05. The van der Waals surface area contributed by atoms with Crippen LogP contribution in [0.15, 0.2) is 26.2 Å². The molecule has 0 saturated heterocycles. The van der Waals surface area contributed by atoms with Gasteiger partial charge in [0.2, 0.25) is 16.7 Å². The van der Waals surface area contributed by atoms with Gasteiger partial charge < -0.3 is 14.0 Å². The van der Waals surface area contributed by atoms with Gasteiger partial charge in [-0.15, -0.1) is 0 Å². The summed E-state index contributed by atoms with van der Waals surface area (Å²) in [5.74, 6) is -1.86. The first-order valence-electron chi connectivity index (χ1n) is 5.10. The SMILES string of the molecule is Cc1noc(NS(=O)(=O)c2ccc(C(=O)O)o2)c1C. The highest BCUT2D eigenvalue weighted by Crippen LogP contribution is 2.22. The molecule has 8 nitrogen and oxygen atoms in total. The maximum Gasteiger partial charge on any atom is 0.371 e. The van der Waals surface area contributed by atoms with Crippen LogP contribution < -0.4 is 4.72 Å². The number of aromatic nitrogens is 1. The van der Waals surface area contributed by atoms with E-state index in [-0.39, 0.29) is 5.88 Å². The third kappa shape index (κ3) is 2.45. The second-order valence-electron chi connectivity index (χ2n) is 3.75. The Hall–Kier alpha value is -2.29. The van der Waals surface area contributed by atoms with Crippen LogP contribution in [0.3, 0.4) is 0 Å². The van der Waals surface area contributed by atoms with E-state index < -0.39 is 26.8 Å². The normalized spacial score (nSPS) is 11.5. The number of hydrogen-bond acceptors (Lipinski definition) is 6. The van der Waals surface area contributed by atoms with Crippen LogP contribution in [-0.2, 0) is 10.0 Å². The molecule has 2 aromatic rings. The van der Waals surface area contributed by atoms with Crippen molar-refractivity contribution in [1.82, 2.24) is 5.16 Å². The lowest BCUT2D eigenvalue weighted by atomic mass is 10.3. The molecule has 0 amide bonds. The maximum atomic E-state index is 11.9. The van der Waals surface area contributed by atoms with E-state index >= 15 is 0 Å². The van der Waals surface area contributed by atoms with Crippen molar-refractivity contribution in [1.29, 1.82) is 0 Å². The molecule has 0 bridgehead atoms. The fourth-order valence-corrected chi connectivity index (χ4v) is 2.24. The molecule has 0 aliphatic heterocycles. The van der Waals surface area contributed by atoms with Crippen molar-refractivity contribution in [2.45, 2.75) is 18.9 Å². The molecule has 2 aromatic heterocycles. The van der Waals surface area contributed by atoms with Crippen molar-refractivity contribution >= 4 is 21.9 Å². The lowest BCUT2D eigenvalue weighted by Crippen LogP contribution is -2.12. The van der Waals surface area contributed by atoms with Crippen LogP contribution in [0.2, 0.25) is 0 Å². The van der Waals surface area contributed by atoms with Gasteiger partial charge in [-0.25, -0.2) is 9.52 Å². The predicted octanol–water partition coefficient (Wildman–Crippen LogP) is 1.38. The van der Waals surface area contributed by atoms with Gasteiger partial charge in [-0.05, 0) is 26.0 Å². The number of carboxylic acids is 1. The molecule has 0 unspecified atom stereocenters. The lowest BCUT2D eigenvalue weighted by molar-refractivity contribution is 0.0656. The van der Waals surface area contributed by atoms with Crippen molar-refractivity contribution in [2.24, 2.45) is 0 Å². The van der Waals surface area contributed by atoms with Crippen molar-refractivity contribution in [3.63, 3.8) is 0 Å². The highest BCUT2D eigenvalue weighted by atomic mass is 32.2. The second-order valence-corrected chi connectivity index (χ2v) is 5.36. The lowest BCUT2D eigenvalue weighted by Gasteiger charge is -2.02. The predicted molar refractivity (Wildman–Crippen MR) is 62.5 cm³/mol. The molecule has 0 saturated carbocycles. The smallest absolute Gasteiger partial charge is 0.371 e. The van der Waals surface area contributed by atoms with Crippen LogP contribution in [0, 0.1) is 13.8 Å². The molecule has 2 heterocycles. The summed E-state index contributed by atoms with van der Waals surface area (Å²) < 4.78 is 35.5. The monoisotopic (exact) mass is 286 g/mol. The van der Waals surface area contributed by atoms with Crippen LogP contribution in [-0.4, -0.2) is 24.7 Å². The zero-order valence-electron chi connectivity index (χ0n) is 10.00. The van der Waals surface area contributed by atoms with Gasteiger partial charge in [0.15, 0.2) is 0 Å². The van der Waals surface area contributed by atoms with Gasteiger partial charge >= 0.3 is 5.97 Å². The Morgan fingerprint density at radius 1 is 1.37 bits per heavy atom. The molecule has 9 heteroatoms. The third-order valence-corrected chi connectivity index (χ3v) is 3.64. The molecule has 2 rings (SSSR count). The summed E-state index contributed by atoms with van der Waals surface area (Å²) in [6, 6.07) is 2.10. The van der Waals surface area contributed by atoms with Gasteiger partial charge in [-0.2, -0.15) is 8.42 Å². The van der Waals surface area contributed by atoms with E-state index in [1.165, 1.54) is 0 Å². The fraction of sp³-hybridized carbons (Fsp3) is 0.200. The van der Waals surface area contributed by atoms with E-state index in [0.29, 0.717) is 11.3 Å². The van der Waals surface area contributed by atoms with E-state index in [1.54, 1.807) is 13.8 Å².